The fraction of sp³-hybridized carbons (Fsp3) is 0.0208. The number of carboxylic acid groups (broad SMARTS) is 1. The zero-order chi connectivity index (χ0) is 42.2. The Bertz CT molecular complexity index is 2440. The minimum absolute atomic E-state index is 0.0162. The third kappa shape index (κ3) is 15.3. The summed E-state index contributed by atoms with van der Waals surface area (Å²) in [6.07, 6.45) is 4.31. The number of benzene rings is 7. The normalized spacial score (nSPS) is 10.1. The lowest BCUT2D eigenvalue weighted by atomic mass is 10.1. The van der Waals surface area contributed by atoms with Gasteiger partial charge in [0.2, 0.25) is 0 Å². The third-order valence-corrected chi connectivity index (χ3v) is 7.90. The molecule has 0 atom stereocenters. The number of ether oxygens (including phenoxy) is 2. The fourth-order valence-electron chi connectivity index (χ4n) is 4.84. The highest BCUT2D eigenvalue weighted by Crippen LogP contribution is 2.25. The number of aromatic carboxylic acids is 1. The number of aliphatic imine (C=N–C) groups is 2. The van der Waals surface area contributed by atoms with Gasteiger partial charge in [-0.1, -0.05) is 72.8 Å². The Morgan fingerprint density at radius 2 is 0.881 bits per heavy atom. The fourth-order valence-corrected chi connectivity index (χ4v) is 4.84. The first-order chi connectivity index (χ1) is 28.7. The number of hydrogen-bond donors (Lipinski definition) is 2. The topological polar surface area (TPSA) is 188 Å². The molecule has 0 amide bonds. The maximum atomic E-state index is 10.9. The van der Waals surface area contributed by atoms with Gasteiger partial charge in [0.1, 0.15) is 29.3 Å². The molecule has 0 aliphatic carbocycles. The number of carbonyl (C=O) groups is 3. The van der Waals surface area contributed by atoms with Crippen molar-refractivity contribution in [1.82, 2.24) is 0 Å². The Morgan fingerprint density at radius 1 is 0.508 bits per heavy atom. The summed E-state index contributed by atoms with van der Waals surface area (Å²) in [5.74, 6) is 2.13. The van der Waals surface area contributed by atoms with Gasteiger partial charge in [-0.25, -0.2) is 4.79 Å². The van der Waals surface area contributed by atoms with E-state index in [1.54, 1.807) is 42.6 Å². The lowest BCUT2D eigenvalue weighted by Crippen LogP contribution is -1.94. The van der Waals surface area contributed by atoms with Gasteiger partial charge in [0.15, 0.2) is 5.78 Å². The molecule has 0 saturated heterocycles. The molecular weight excluding hydrogens is 743 g/mol. The van der Waals surface area contributed by atoms with Crippen molar-refractivity contribution in [2.45, 2.75) is 6.92 Å². The van der Waals surface area contributed by atoms with E-state index in [1.165, 1.54) is 19.1 Å². The molecule has 0 aromatic heterocycles. The van der Waals surface area contributed by atoms with Crippen molar-refractivity contribution in [2.24, 2.45) is 9.98 Å². The standard InChI is InChI=1S/C27H20N2O3.C12H11NO.C9H8O2.N2/c30-27(31)22-8-10-23(11-9-22)29-19-21-6-14-25(15-7-21)32-26-16-12-24(13-17-26)28-18-20-4-2-1-3-5-20;13-10-6-8-12(9-7-10)14-11-4-2-1-3-5-11;1-7(11)9-4-2-8(6-10)3-5-9;1-2/h1-19H,(H,30,31);1-9H,13H2;2-6H,1H3;. The van der Waals surface area contributed by atoms with E-state index in [2.05, 4.69) is 9.98 Å². The van der Waals surface area contributed by atoms with E-state index in [-0.39, 0.29) is 11.3 Å². The van der Waals surface area contributed by atoms with Crippen LogP contribution in [0.25, 0.3) is 0 Å². The highest BCUT2D eigenvalue weighted by atomic mass is 16.5. The van der Waals surface area contributed by atoms with Gasteiger partial charge in [0, 0.05) is 40.0 Å². The van der Waals surface area contributed by atoms with Crippen molar-refractivity contribution in [1.29, 1.82) is 10.8 Å². The minimum atomic E-state index is -0.953. The van der Waals surface area contributed by atoms with Gasteiger partial charge in [-0.05, 0) is 127 Å². The van der Waals surface area contributed by atoms with Gasteiger partial charge < -0.3 is 20.3 Å². The number of nitrogens with two attached hydrogens (primary N) is 1. The summed E-state index contributed by atoms with van der Waals surface area (Å²) in [7, 11) is 0. The summed E-state index contributed by atoms with van der Waals surface area (Å²) in [6.45, 7) is 1.50. The first-order valence-corrected chi connectivity index (χ1v) is 17.9. The number of ketones is 1. The number of carboxylic acids is 1. The van der Waals surface area contributed by atoms with Crippen LogP contribution in [0.2, 0.25) is 0 Å². The quantitative estimate of drug-likeness (QED) is 0.0423. The van der Waals surface area contributed by atoms with Crippen molar-refractivity contribution in [3.63, 3.8) is 0 Å². The van der Waals surface area contributed by atoms with Crippen molar-refractivity contribution >= 4 is 47.5 Å². The summed E-state index contributed by atoms with van der Waals surface area (Å²) >= 11 is 0. The number of anilines is 1. The molecule has 3 N–H and O–H groups in total. The zero-order valence-electron chi connectivity index (χ0n) is 31.9. The lowest BCUT2D eigenvalue weighted by Gasteiger charge is -2.06. The molecule has 0 heterocycles. The Labute approximate surface area is 341 Å². The van der Waals surface area contributed by atoms with Crippen LogP contribution in [-0.2, 0) is 0 Å². The zero-order valence-corrected chi connectivity index (χ0v) is 31.9. The van der Waals surface area contributed by atoms with Crippen molar-refractivity contribution < 1.29 is 29.0 Å². The maximum absolute atomic E-state index is 10.9. The predicted molar refractivity (Wildman–Crippen MR) is 230 cm³/mol. The van der Waals surface area contributed by atoms with E-state index < -0.39 is 5.97 Å². The summed E-state index contributed by atoms with van der Waals surface area (Å²) in [5.41, 5.74) is 11.3. The third-order valence-electron chi connectivity index (χ3n) is 7.90. The van der Waals surface area contributed by atoms with Crippen LogP contribution in [0.3, 0.4) is 0 Å². The number of Topliss-reactive ketones (excluding diaryl/α,β-unsaturated/α-hetero) is 1. The van der Waals surface area contributed by atoms with Gasteiger partial charge in [0.05, 0.1) is 16.9 Å². The smallest absolute Gasteiger partial charge is 0.335 e. The highest BCUT2D eigenvalue weighted by molar-refractivity contribution is 5.94. The molecule has 0 unspecified atom stereocenters. The maximum Gasteiger partial charge on any atom is 0.335 e. The number of carbonyl (C=O) groups excluding carboxylic acids is 2. The SMILES string of the molecule is CC(=O)c1ccc(C=O)cc1.N#N.Nc1ccc(Oc2ccccc2)cc1.O=C(O)c1ccc(N=Cc2ccc(Oc3ccc(N=Cc4ccccc4)cc3)cc2)cc1. The molecule has 0 aliphatic heterocycles. The van der Waals surface area contributed by atoms with Crippen LogP contribution in [0.15, 0.2) is 192 Å². The second-order valence-corrected chi connectivity index (χ2v) is 12.2. The Morgan fingerprint density at radius 3 is 1.34 bits per heavy atom. The van der Waals surface area contributed by atoms with Gasteiger partial charge in [0.25, 0.3) is 0 Å². The second-order valence-electron chi connectivity index (χ2n) is 12.2. The lowest BCUT2D eigenvalue weighted by molar-refractivity contribution is 0.0696. The molecule has 7 aromatic carbocycles. The second kappa shape index (κ2) is 23.4. The van der Waals surface area contributed by atoms with Gasteiger partial charge >= 0.3 is 5.97 Å². The van der Waals surface area contributed by atoms with Crippen LogP contribution in [0, 0.1) is 10.8 Å². The number of para-hydroxylation sites is 1. The van der Waals surface area contributed by atoms with Crippen molar-refractivity contribution in [3.8, 4) is 23.0 Å². The average molecular weight is 782 g/mol. The molecule has 292 valence electrons. The summed E-state index contributed by atoms with van der Waals surface area (Å²) in [5, 5.41) is 20.9. The van der Waals surface area contributed by atoms with E-state index in [4.69, 9.17) is 31.1 Å². The molecule has 0 radical (unpaired) electrons. The van der Waals surface area contributed by atoms with E-state index in [9.17, 15) is 14.4 Å². The van der Waals surface area contributed by atoms with Crippen molar-refractivity contribution in [2.75, 3.05) is 5.73 Å². The minimum Gasteiger partial charge on any atom is -0.478 e. The van der Waals surface area contributed by atoms with E-state index >= 15 is 0 Å². The molecular formula is C48H39N5O6. The number of nitrogen functional groups attached to an aromatic ring is 1. The van der Waals surface area contributed by atoms with Crippen LogP contribution < -0.4 is 15.2 Å². The number of nitrogens with zero attached hydrogens (tertiary/aromatic N) is 4. The van der Waals surface area contributed by atoms with E-state index in [1.807, 2.05) is 140 Å². The Hall–Kier alpha value is -8.49. The van der Waals surface area contributed by atoms with Crippen LogP contribution in [-0.4, -0.2) is 35.6 Å². The van der Waals surface area contributed by atoms with Gasteiger partial charge in [-0.2, -0.15) is 0 Å². The van der Waals surface area contributed by atoms with E-state index in [0.29, 0.717) is 22.6 Å². The Balaban J connectivity index is 0.000000233. The van der Waals surface area contributed by atoms with Crippen LogP contribution in [0.1, 0.15) is 49.1 Å². The van der Waals surface area contributed by atoms with Crippen molar-refractivity contribution in [3.05, 3.63) is 210 Å². The van der Waals surface area contributed by atoms with Crippen LogP contribution in [0.4, 0.5) is 17.1 Å². The molecule has 7 aromatic rings. The molecule has 11 heteroatoms. The summed E-state index contributed by atoms with van der Waals surface area (Å²) in [4.78, 5) is 40.7. The summed E-state index contributed by atoms with van der Waals surface area (Å²) in [6, 6.07) is 55.0. The molecule has 0 saturated carbocycles. The molecule has 59 heavy (non-hydrogen) atoms. The predicted octanol–water partition coefficient (Wildman–Crippen LogP) is 11.5. The first-order valence-electron chi connectivity index (χ1n) is 17.9. The molecule has 0 aliphatic rings. The van der Waals surface area contributed by atoms with Crippen LogP contribution >= 0.6 is 0 Å². The van der Waals surface area contributed by atoms with Crippen LogP contribution in [0.5, 0.6) is 23.0 Å². The van der Waals surface area contributed by atoms with Gasteiger partial charge in [-0.3, -0.25) is 19.6 Å². The monoisotopic (exact) mass is 781 g/mol. The number of hydrogen-bond acceptors (Lipinski definition) is 10. The molecule has 0 fully saturated rings. The molecule has 0 spiro atoms. The number of aldehydes is 1. The largest absolute Gasteiger partial charge is 0.478 e. The Kier molecular flexibility index (Phi) is 17.2. The molecule has 0 bridgehead atoms. The number of rotatable bonds is 11. The first kappa shape index (κ1) is 43.2. The molecule has 11 nitrogen and oxygen atoms in total. The van der Waals surface area contributed by atoms with E-state index in [0.717, 1.165) is 46.0 Å². The molecule has 7 rings (SSSR count). The van der Waals surface area contributed by atoms with Gasteiger partial charge in [-0.15, -0.1) is 0 Å². The summed E-state index contributed by atoms with van der Waals surface area (Å²) < 4.78 is 11.5. The average Bonchev–Trinajstić information content (AvgIpc) is 3.29. The highest BCUT2D eigenvalue weighted by Gasteiger charge is 2.02.